The average molecular weight is 261 g/mol. The summed E-state index contributed by atoms with van der Waals surface area (Å²) in [6, 6.07) is 3.73. The molecule has 0 spiro atoms. The lowest BCUT2D eigenvalue weighted by Gasteiger charge is -2.10. The molecule has 0 heterocycles. The molecule has 1 N–H and O–H groups in total. The number of aromatic carboxylic acids is 1. The van der Waals surface area contributed by atoms with E-state index in [0.717, 1.165) is 12.1 Å². The zero-order chi connectivity index (χ0) is 13.2. The lowest BCUT2D eigenvalue weighted by atomic mass is 10.1. The number of rotatable bonds is 2. The summed E-state index contributed by atoms with van der Waals surface area (Å²) in [6.07, 6.45) is 0. The Kier molecular flexibility index (Phi) is 3.68. The van der Waals surface area contributed by atoms with Gasteiger partial charge in [0.05, 0.1) is 17.2 Å². The number of alkyl halides is 3. The van der Waals surface area contributed by atoms with Crippen molar-refractivity contribution >= 4 is 17.7 Å². The minimum atomic E-state index is -4.56. The average Bonchev–Trinajstić information content (AvgIpc) is 2.14. The zero-order valence-electron chi connectivity index (χ0n) is 8.50. The summed E-state index contributed by atoms with van der Waals surface area (Å²) < 4.78 is 36.6. The minimum Gasteiger partial charge on any atom is -0.478 e. The number of carboxylic acids is 1. The predicted octanol–water partition coefficient (Wildman–Crippen LogP) is 3.18. The molecule has 0 amide bonds. The highest BCUT2D eigenvalue weighted by molar-refractivity contribution is 8.00. The molecule has 0 aliphatic carbocycles. The number of hydrogen-bond donors (Lipinski definition) is 1. The molecule has 17 heavy (non-hydrogen) atoms. The smallest absolute Gasteiger partial charge is 0.446 e. The molecule has 3 nitrogen and oxygen atoms in total. The van der Waals surface area contributed by atoms with Crippen LogP contribution in [0.4, 0.5) is 13.2 Å². The van der Waals surface area contributed by atoms with Gasteiger partial charge in [0.2, 0.25) is 0 Å². The van der Waals surface area contributed by atoms with E-state index < -0.39 is 33.7 Å². The molecule has 1 aromatic rings. The Labute approximate surface area is 98.9 Å². The molecule has 0 aliphatic heterocycles. The largest absolute Gasteiger partial charge is 0.478 e. The lowest BCUT2D eigenvalue weighted by molar-refractivity contribution is -0.0328. The van der Waals surface area contributed by atoms with Crippen LogP contribution in [0.25, 0.3) is 0 Å². The SMILES string of the molecule is Cc1cc(SC(F)(F)F)c(C(=O)O)cc1C#N. The molecule has 7 heteroatoms. The zero-order valence-corrected chi connectivity index (χ0v) is 9.32. The number of nitriles is 1. The third-order valence-electron chi connectivity index (χ3n) is 1.90. The molecule has 0 saturated heterocycles. The topological polar surface area (TPSA) is 61.1 Å². The van der Waals surface area contributed by atoms with Crippen LogP contribution < -0.4 is 0 Å². The Morgan fingerprint density at radius 3 is 2.47 bits per heavy atom. The molecule has 0 fully saturated rings. The Balaban J connectivity index is 3.34. The van der Waals surface area contributed by atoms with E-state index in [-0.39, 0.29) is 5.56 Å². The van der Waals surface area contributed by atoms with E-state index >= 15 is 0 Å². The number of thioether (sulfide) groups is 1. The van der Waals surface area contributed by atoms with Crippen molar-refractivity contribution in [1.82, 2.24) is 0 Å². The highest BCUT2D eigenvalue weighted by Gasteiger charge is 2.31. The van der Waals surface area contributed by atoms with Crippen molar-refractivity contribution in [3.63, 3.8) is 0 Å². The Hall–Kier alpha value is -1.68. The molecule has 1 rings (SSSR count). The highest BCUT2D eigenvalue weighted by Crippen LogP contribution is 2.39. The van der Waals surface area contributed by atoms with Crippen molar-refractivity contribution in [2.45, 2.75) is 17.3 Å². The standard InChI is InChI=1S/C10H6F3NO2S/c1-5-2-8(17-10(11,12)13)7(9(15)16)3-6(5)4-14/h2-3H,1H3,(H,15,16). The van der Waals surface area contributed by atoms with Crippen LogP contribution in [0.2, 0.25) is 0 Å². The van der Waals surface area contributed by atoms with Gasteiger partial charge in [-0.3, -0.25) is 0 Å². The molecule has 0 saturated carbocycles. The summed E-state index contributed by atoms with van der Waals surface area (Å²) in [6.45, 7) is 1.45. The van der Waals surface area contributed by atoms with Crippen LogP contribution in [0.1, 0.15) is 21.5 Å². The van der Waals surface area contributed by atoms with Crippen molar-refractivity contribution in [2.24, 2.45) is 0 Å². The number of hydrogen-bond acceptors (Lipinski definition) is 3. The van der Waals surface area contributed by atoms with Gasteiger partial charge in [-0.1, -0.05) is 0 Å². The fourth-order valence-electron chi connectivity index (χ4n) is 1.18. The second kappa shape index (κ2) is 4.67. The summed E-state index contributed by atoms with van der Waals surface area (Å²) in [5.41, 5.74) is -4.72. The van der Waals surface area contributed by atoms with Gasteiger partial charge >= 0.3 is 11.5 Å². The van der Waals surface area contributed by atoms with Crippen LogP contribution in [0.15, 0.2) is 17.0 Å². The summed E-state index contributed by atoms with van der Waals surface area (Å²) in [5.74, 6) is -1.49. The summed E-state index contributed by atoms with van der Waals surface area (Å²) >= 11 is -0.501. The van der Waals surface area contributed by atoms with Gasteiger partial charge in [-0.2, -0.15) is 18.4 Å². The molecule has 0 aromatic heterocycles. The number of nitrogens with zero attached hydrogens (tertiary/aromatic N) is 1. The van der Waals surface area contributed by atoms with E-state index in [9.17, 15) is 18.0 Å². The maximum absolute atomic E-state index is 12.2. The summed E-state index contributed by atoms with van der Waals surface area (Å²) in [7, 11) is 0. The summed E-state index contributed by atoms with van der Waals surface area (Å²) in [4.78, 5) is 10.4. The first kappa shape index (κ1) is 13.4. The Bertz CT molecular complexity index is 505. The van der Waals surface area contributed by atoms with Crippen molar-refractivity contribution < 1.29 is 23.1 Å². The molecule has 1 aromatic carbocycles. The molecule has 90 valence electrons. The Morgan fingerprint density at radius 1 is 1.47 bits per heavy atom. The molecular formula is C10H6F3NO2S. The van der Waals surface area contributed by atoms with E-state index in [4.69, 9.17) is 10.4 Å². The highest BCUT2D eigenvalue weighted by atomic mass is 32.2. The van der Waals surface area contributed by atoms with Gasteiger partial charge in [0.1, 0.15) is 0 Å². The lowest BCUT2D eigenvalue weighted by Crippen LogP contribution is -2.06. The molecule has 0 unspecified atom stereocenters. The molecule has 0 radical (unpaired) electrons. The fraction of sp³-hybridized carbons (Fsp3) is 0.200. The van der Waals surface area contributed by atoms with Crippen LogP contribution in [-0.4, -0.2) is 16.6 Å². The number of carboxylic acid groups (broad SMARTS) is 1. The van der Waals surface area contributed by atoms with Crippen molar-refractivity contribution in [2.75, 3.05) is 0 Å². The minimum absolute atomic E-state index is 0.0499. The first-order valence-corrected chi connectivity index (χ1v) is 5.10. The fourth-order valence-corrected chi connectivity index (χ4v) is 1.92. The van der Waals surface area contributed by atoms with Gasteiger partial charge in [0.15, 0.2) is 0 Å². The van der Waals surface area contributed by atoms with Crippen LogP contribution in [-0.2, 0) is 0 Å². The van der Waals surface area contributed by atoms with Gasteiger partial charge < -0.3 is 5.11 Å². The van der Waals surface area contributed by atoms with E-state index in [2.05, 4.69) is 0 Å². The van der Waals surface area contributed by atoms with Crippen molar-refractivity contribution in [1.29, 1.82) is 5.26 Å². The molecule has 0 atom stereocenters. The van der Waals surface area contributed by atoms with Gasteiger partial charge in [0, 0.05) is 4.90 Å². The predicted molar refractivity (Wildman–Crippen MR) is 54.8 cm³/mol. The third-order valence-corrected chi connectivity index (χ3v) is 2.69. The normalized spacial score (nSPS) is 11.0. The van der Waals surface area contributed by atoms with Gasteiger partial charge in [-0.05, 0) is 36.4 Å². The second-order valence-electron chi connectivity index (χ2n) is 3.13. The third kappa shape index (κ3) is 3.39. The molecule has 0 aliphatic rings. The number of carbonyl (C=O) groups is 1. The van der Waals surface area contributed by atoms with Crippen molar-refractivity contribution in [3.8, 4) is 6.07 Å². The number of halogens is 3. The monoisotopic (exact) mass is 261 g/mol. The van der Waals surface area contributed by atoms with E-state index in [1.165, 1.54) is 6.92 Å². The number of aryl methyl sites for hydroxylation is 1. The van der Waals surface area contributed by atoms with Crippen LogP contribution in [0.3, 0.4) is 0 Å². The van der Waals surface area contributed by atoms with Crippen LogP contribution in [0, 0.1) is 18.3 Å². The second-order valence-corrected chi connectivity index (χ2v) is 4.23. The van der Waals surface area contributed by atoms with Gasteiger partial charge in [-0.25, -0.2) is 4.79 Å². The van der Waals surface area contributed by atoms with Crippen molar-refractivity contribution in [3.05, 3.63) is 28.8 Å². The van der Waals surface area contributed by atoms with Gasteiger partial charge in [0.25, 0.3) is 0 Å². The summed E-state index contributed by atoms with van der Waals surface area (Å²) in [5, 5.41) is 17.5. The maximum Gasteiger partial charge on any atom is 0.446 e. The Morgan fingerprint density at radius 2 is 2.06 bits per heavy atom. The van der Waals surface area contributed by atoms with Gasteiger partial charge in [-0.15, -0.1) is 0 Å². The first-order valence-electron chi connectivity index (χ1n) is 4.28. The van der Waals surface area contributed by atoms with E-state index in [1.54, 1.807) is 6.07 Å². The number of benzene rings is 1. The van der Waals surface area contributed by atoms with E-state index in [1.807, 2.05) is 0 Å². The quantitative estimate of drug-likeness (QED) is 0.830. The first-order chi connectivity index (χ1) is 7.74. The van der Waals surface area contributed by atoms with Crippen LogP contribution >= 0.6 is 11.8 Å². The molecular weight excluding hydrogens is 255 g/mol. The van der Waals surface area contributed by atoms with Crippen LogP contribution in [0.5, 0.6) is 0 Å². The van der Waals surface area contributed by atoms with E-state index in [0.29, 0.717) is 5.56 Å². The molecule has 0 bridgehead atoms. The maximum atomic E-state index is 12.2.